The van der Waals surface area contributed by atoms with Crippen LogP contribution in [0, 0.1) is 6.92 Å². The molecule has 4 N–H and O–H groups in total. The van der Waals surface area contributed by atoms with Crippen LogP contribution in [0.4, 0.5) is 5.69 Å². The van der Waals surface area contributed by atoms with Crippen LogP contribution in [0.25, 0.3) is 10.9 Å². The van der Waals surface area contributed by atoms with E-state index in [1.807, 2.05) is 67.7 Å². The molecule has 3 aromatic carbocycles. The summed E-state index contributed by atoms with van der Waals surface area (Å²) in [5, 5.41) is 10.3. The Labute approximate surface area is 210 Å². The van der Waals surface area contributed by atoms with Gasteiger partial charge in [0.1, 0.15) is 11.8 Å². The number of amides is 2. The Morgan fingerprint density at radius 1 is 1.06 bits per heavy atom. The number of aromatic amines is 1. The Balaban J connectivity index is 1.39. The van der Waals surface area contributed by atoms with Crippen molar-refractivity contribution in [1.29, 1.82) is 0 Å². The molecular formula is C29H30N4O3. The zero-order chi connectivity index (χ0) is 25.1. The summed E-state index contributed by atoms with van der Waals surface area (Å²) in [6, 6.07) is 20.5. The Morgan fingerprint density at radius 2 is 1.83 bits per heavy atom. The number of H-pyrrole nitrogens is 1. The van der Waals surface area contributed by atoms with Crippen molar-refractivity contribution in [3.8, 4) is 5.75 Å². The third-order valence-corrected chi connectivity index (χ3v) is 6.74. The monoisotopic (exact) mass is 482 g/mol. The number of aryl methyl sites for hydroxylation is 1. The summed E-state index contributed by atoms with van der Waals surface area (Å²) in [4.78, 5) is 30.2. The van der Waals surface area contributed by atoms with E-state index in [0.717, 1.165) is 27.6 Å². The molecule has 0 fully saturated rings. The summed E-state index contributed by atoms with van der Waals surface area (Å²) in [5.74, 6) is 0.0751. The van der Waals surface area contributed by atoms with Gasteiger partial charge in [0.25, 0.3) is 0 Å². The van der Waals surface area contributed by atoms with Gasteiger partial charge in [0.15, 0.2) is 0 Å². The lowest BCUT2D eigenvalue weighted by atomic mass is 9.95. The van der Waals surface area contributed by atoms with Gasteiger partial charge < -0.3 is 25.7 Å². The second kappa shape index (κ2) is 10.3. The lowest BCUT2D eigenvalue weighted by molar-refractivity contribution is -0.128. The van der Waals surface area contributed by atoms with E-state index in [2.05, 4.69) is 33.1 Å². The minimum absolute atomic E-state index is 0.194. The highest BCUT2D eigenvalue weighted by atomic mass is 16.5. The zero-order valence-corrected chi connectivity index (χ0v) is 20.4. The third-order valence-electron chi connectivity index (χ3n) is 6.74. The molecule has 2 atom stereocenters. The maximum absolute atomic E-state index is 13.6. The van der Waals surface area contributed by atoms with Gasteiger partial charge in [0.05, 0.1) is 18.8 Å². The summed E-state index contributed by atoms with van der Waals surface area (Å²) in [6.07, 6.45) is 2.83. The molecule has 0 aliphatic carbocycles. The number of carbonyl (C=O) groups excluding carboxylic acids is 2. The third kappa shape index (κ3) is 4.97. The van der Waals surface area contributed by atoms with Crippen LogP contribution in [0.3, 0.4) is 0 Å². The predicted molar refractivity (Wildman–Crippen MR) is 141 cm³/mol. The van der Waals surface area contributed by atoms with Crippen LogP contribution in [-0.2, 0) is 29.0 Å². The van der Waals surface area contributed by atoms with Crippen LogP contribution >= 0.6 is 0 Å². The molecule has 0 bridgehead atoms. The van der Waals surface area contributed by atoms with Crippen LogP contribution in [0.15, 0.2) is 72.9 Å². The smallest absolute Gasteiger partial charge is 0.247 e. The molecule has 1 aliphatic heterocycles. The number of rotatable bonds is 7. The van der Waals surface area contributed by atoms with E-state index in [0.29, 0.717) is 30.8 Å². The number of benzene rings is 3. The van der Waals surface area contributed by atoms with Gasteiger partial charge in [-0.3, -0.25) is 9.59 Å². The van der Waals surface area contributed by atoms with Gasteiger partial charge >= 0.3 is 0 Å². The fourth-order valence-electron chi connectivity index (χ4n) is 4.78. The second-order valence-corrected chi connectivity index (χ2v) is 9.22. The van der Waals surface area contributed by atoms with E-state index in [1.54, 1.807) is 7.11 Å². The maximum Gasteiger partial charge on any atom is 0.247 e. The van der Waals surface area contributed by atoms with Crippen molar-refractivity contribution in [3.05, 3.63) is 95.2 Å². The number of hydrogen-bond donors (Lipinski definition) is 4. The van der Waals surface area contributed by atoms with E-state index in [1.165, 1.54) is 5.56 Å². The molecule has 2 unspecified atom stereocenters. The highest BCUT2D eigenvalue weighted by Gasteiger charge is 2.29. The van der Waals surface area contributed by atoms with Crippen molar-refractivity contribution in [1.82, 2.24) is 15.6 Å². The number of hydrogen-bond acceptors (Lipinski definition) is 4. The van der Waals surface area contributed by atoms with E-state index in [-0.39, 0.29) is 11.8 Å². The van der Waals surface area contributed by atoms with Crippen molar-refractivity contribution < 1.29 is 14.3 Å². The summed E-state index contributed by atoms with van der Waals surface area (Å²) in [5.41, 5.74) is 5.87. The van der Waals surface area contributed by atoms with E-state index in [4.69, 9.17) is 4.74 Å². The van der Waals surface area contributed by atoms with Gasteiger partial charge in [-0.25, -0.2) is 0 Å². The molecule has 0 radical (unpaired) electrons. The van der Waals surface area contributed by atoms with Gasteiger partial charge in [-0.2, -0.15) is 0 Å². The molecular weight excluding hydrogens is 452 g/mol. The Bertz CT molecular complexity index is 1410. The molecule has 184 valence electrons. The predicted octanol–water partition coefficient (Wildman–Crippen LogP) is 3.87. The number of ether oxygens (including phenoxy) is 1. The second-order valence-electron chi connectivity index (χ2n) is 9.22. The number of para-hydroxylation sites is 1. The fraction of sp³-hybridized carbons (Fsp3) is 0.241. The molecule has 0 saturated heterocycles. The minimum atomic E-state index is -0.777. The summed E-state index contributed by atoms with van der Waals surface area (Å²) < 4.78 is 5.44. The van der Waals surface area contributed by atoms with Gasteiger partial charge in [-0.1, -0.05) is 48.5 Å². The molecule has 2 amide bonds. The number of fused-ring (bicyclic) bond motifs is 2. The lowest BCUT2D eigenvalue weighted by Crippen LogP contribution is -2.53. The van der Waals surface area contributed by atoms with Crippen molar-refractivity contribution in [2.45, 2.75) is 38.4 Å². The Hall–Kier alpha value is -4.10. The van der Waals surface area contributed by atoms with E-state index < -0.39 is 12.1 Å². The van der Waals surface area contributed by atoms with E-state index in [9.17, 15) is 9.59 Å². The number of carbonyl (C=O) groups is 2. The molecule has 0 spiro atoms. The van der Waals surface area contributed by atoms with Crippen molar-refractivity contribution in [3.63, 3.8) is 0 Å². The highest BCUT2D eigenvalue weighted by Crippen LogP contribution is 2.26. The number of nitrogens with one attached hydrogen (secondary N) is 4. The van der Waals surface area contributed by atoms with Crippen molar-refractivity contribution in [2.75, 3.05) is 12.4 Å². The molecule has 1 aliphatic rings. The molecule has 4 aromatic rings. The van der Waals surface area contributed by atoms with Crippen LogP contribution in [0.2, 0.25) is 0 Å². The average molecular weight is 483 g/mol. The van der Waals surface area contributed by atoms with Crippen LogP contribution < -0.4 is 20.7 Å². The molecule has 5 rings (SSSR count). The normalized spacial score (nSPS) is 15.7. The maximum atomic E-state index is 13.6. The number of methoxy groups -OCH3 is 1. The topological polar surface area (TPSA) is 95.2 Å². The Kier molecular flexibility index (Phi) is 6.73. The zero-order valence-electron chi connectivity index (χ0n) is 20.4. The molecule has 7 nitrogen and oxygen atoms in total. The number of aromatic nitrogens is 1. The average Bonchev–Trinajstić information content (AvgIpc) is 3.31. The summed E-state index contributed by atoms with van der Waals surface area (Å²) in [7, 11) is 1.57. The SMILES string of the molecule is COc1ccc(C)cc1NC(=O)C(Cc1c[nH]c2ccccc12)NC(=O)C1Cc2ccccc2CN1. The highest BCUT2D eigenvalue weighted by molar-refractivity contribution is 5.99. The summed E-state index contributed by atoms with van der Waals surface area (Å²) >= 11 is 0. The lowest BCUT2D eigenvalue weighted by Gasteiger charge is -2.27. The fourth-order valence-corrected chi connectivity index (χ4v) is 4.78. The van der Waals surface area contributed by atoms with Gasteiger partial charge in [0, 0.05) is 30.1 Å². The minimum Gasteiger partial charge on any atom is -0.495 e. The molecule has 36 heavy (non-hydrogen) atoms. The van der Waals surface area contributed by atoms with Crippen LogP contribution in [-0.4, -0.2) is 36.0 Å². The molecule has 1 aromatic heterocycles. The van der Waals surface area contributed by atoms with Gasteiger partial charge in [0.2, 0.25) is 11.8 Å². The summed E-state index contributed by atoms with van der Waals surface area (Å²) in [6.45, 7) is 2.57. The first-order valence-electron chi connectivity index (χ1n) is 12.1. The van der Waals surface area contributed by atoms with Gasteiger partial charge in [-0.05, 0) is 53.8 Å². The largest absolute Gasteiger partial charge is 0.495 e. The first-order chi connectivity index (χ1) is 17.5. The van der Waals surface area contributed by atoms with Gasteiger partial charge in [-0.15, -0.1) is 0 Å². The molecule has 7 heteroatoms. The first kappa shape index (κ1) is 23.6. The van der Waals surface area contributed by atoms with Crippen molar-refractivity contribution in [2.24, 2.45) is 0 Å². The van der Waals surface area contributed by atoms with Crippen LogP contribution in [0.1, 0.15) is 22.3 Å². The molecule has 0 saturated carbocycles. The quantitative estimate of drug-likeness (QED) is 0.322. The van der Waals surface area contributed by atoms with Crippen LogP contribution in [0.5, 0.6) is 5.75 Å². The number of anilines is 1. The standard InChI is InChI=1S/C29H30N4O3/c1-18-11-12-27(36-2)24(13-18)32-29(35)26(15-21-17-30-23-10-6-5-9-22(21)23)33-28(34)25-14-19-7-3-4-8-20(19)16-31-25/h3-13,17,25-26,30-31H,14-16H2,1-2H3,(H,32,35)(H,33,34). The van der Waals surface area contributed by atoms with E-state index >= 15 is 0 Å². The molecule has 2 heterocycles. The first-order valence-corrected chi connectivity index (χ1v) is 12.1. The Morgan fingerprint density at radius 3 is 2.67 bits per heavy atom. The van der Waals surface area contributed by atoms with Crippen molar-refractivity contribution >= 4 is 28.4 Å².